The van der Waals surface area contributed by atoms with E-state index >= 15 is 0 Å². The summed E-state index contributed by atoms with van der Waals surface area (Å²) >= 11 is 0. The lowest BCUT2D eigenvalue weighted by atomic mass is 9.98. The second-order valence-corrected chi connectivity index (χ2v) is 8.92. The highest BCUT2D eigenvalue weighted by Crippen LogP contribution is 2.24. The van der Waals surface area contributed by atoms with E-state index in [1.165, 1.54) is 19.3 Å². The first kappa shape index (κ1) is 16.0. The molecule has 0 saturated carbocycles. The lowest BCUT2D eigenvalue weighted by molar-refractivity contribution is -0.128. The van der Waals surface area contributed by atoms with Crippen LogP contribution in [0.4, 0.5) is 0 Å². The summed E-state index contributed by atoms with van der Waals surface area (Å²) in [7, 11) is 1.71. The maximum Gasteiger partial charge on any atom is 0.237 e. The quantitative estimate of drug-likeness (QED) is 0.735. The lowest BCUT2D eigenvalue weighted by Gasteiger charge is -2.39. The van der Waals surface area contributed by atoms with Crippen LogP contribution in [0.5, 0.6) is 0 Å². The Morgan fingerprint density at radius 3 is 2.30 bits per heavy atom. The van der Waals surface area contributed by atoms with Gasteiger partial charge in [-0.2, -0.15) is 0 Å². The van der Waals surface area contributed by atoms with Gasteiger partial charge in [0.1, 0.15) is 5.25 Å². The molecule has 116 valence electrons. The summed E-state index contributed by atoms with van der Waals surface area (Å²) in [5.41, 5.74) is 0. The van der Waals surface area contributed by atoms with E-state index in [2.05, 4.69) is 18.7 Å². The van der Waals surface area contributed by atoms with Gasteiger partial charge in [-0.25, -0.2) is 8.42 Å². The number of hydrogen-bond donors (Lipinski definition) is 0. The number of piperidine rings is 1. The molecular weight excluding hydrogens is 300 g/mol. The fourth-order valence-corrected chi connectivity index (χ4v) is 4.35. The number of rotatable bonds is 4. The number of hydrogen-bond acceptors (Lipinski definition) is 4. The summed E-state index contributed by atoms with van der Waals surface area (Å²) in [6.45, 7) is 6.07. The fourth-order valence-electron chi connectivity index (χ4n) is 3.29. The maximum atomic E-state index is 11.9. The summed E-state index contributed by atoms with van der Waals surface area (Å²) in [6, 6.07) is 1.06. The zero-order valence-corrected chi connectivity index (χ0v) is 13.7. The van der Waals surface area contributed by atoms with Crippen molar-refractivity contribution in [3.8, 4) is 0 Å². The van der Waals surface area contributed by atoms with E-state index in [-0.39, 0.29) is 18.9 Å². The van der Waals surface area contributed by atoms with Crippen LogP contribution in [0.3, 0.4) is 0 Å². The molecule has 20 heavy (non-hydrogen) atoms. The van der Waals surface area contributed by atoms with Crippen molar-refractivity contribution in [2.45, 2.75) is 56.9 Å². The first-order chi connectivity index (χ1) is 9.29. The van der Waals surface area contributed by atoms with Gasteiger partial charge in [-0.15, -0.1) is 0 Å². The molecule has 1 amide bonds. The first-order valence-electron chi connectivity index (χ1n) is 7.26. The second kappa shape index (κ2) is 6.20. The Morgan fingerprint density at radius 2 is 1.80 bits per heavy atom. The summed E-state index contributed by atoms with van der Waals surface area (Å²) in [5.74, 6) is -0.100. The zero-order chi connectivity index (χ0) is 14.9. The summed E-state index contributed by atoms with van der Waals surface area (Å²) < 4.78 is 22.6. The van der Waals surface area contributed by atoms with Crippen molar-refractivity contribution in [2.75, 3.05) is 19.6 Å². The molecule has 0 N–H and O–H groups in total. The Morgan fingerprint density at radius 1 is 1.20 bits per heavy atom. The molecule has 0 aromatic heterocycles. The first-order valence-corrected chi connectivity index (χ1v) is 9.63. The highest BCUT2D eigenvalue weighted by molar-refractivity contribution is 8.14. The molecular formula is C13H23ClN2O3S. The molecule has 0 aromatic rings. The minimum Gasteiger partial charge on any atom is -0.340 e. The summed E-state index contributed by atoms with van der Waals surface area (Å²) in [6.07, 6.45) is 3.67. The number of amides is 1. The van der Waals surface area contributed by atoms with Crippen molar-refractivity contribution in [2.24, 2.45) is 0 Å². The van der Waals surface area contributed by atoms with E-state index in [0.717, 1.165) is 6.54 Å². The SMILES string of the molecule is CC1CCCC(C)N1CCN1CC(S(=O)(=O)Cl)CC1=O. The number of nitrogens with zero attached hydrogens (tertiary/aromatic N) is 2. The molecule has 3 unspecified atom stereocenters. The van der Waals surface area contributed by atoms with Crippen LogP contribution in [0, 0.1) is 0 Å². The molecule has 2 rings (SSSR count). The van der Waals surface area contributed by atoms with E-state index in [4.69, 9.17) is 10.7 Å². The van der Waals surface area contributed by atoms with Crippen molar-refractivity contribution in [1.29, 1.82) is 0 Å². The standard InChI is InChI=1S/C13H23ClN2O3S/c1-10-4-3-5-11(2)16(10)7-6-15-9-12(8-13(15)17)20(14,18)19/h10-12H,3-9H2,1-2H3. The molecule has 2 aliphatic rings. The normalized spacial score (nSPS) is 32.9. The largest absolute Gasteiger partial charge is 0.340 e. The van der Waals surface area contributed by atoms with Crippen molar-refractivity contribution in [1.82, 2.24) is 9.80 Å². The van der Waals surface area contributed by atoms with Crippen molar-refractivity contribution < 1.29 is 13.2 Å². The van der Waals surface area contributed by atoms with Crippen LogP contribution in [0.2, 0.25) is 0 Å². The van der Waals surface area contributed by atoms with Crippen LogP contribution in [0.15, 0.2) is 0 Å². The number of carbonyl (C=O) groups is 1. The number of likely N-dealkylation sites (tertiary alicyclic amines) is 2. The highest BCUT2D eigenvalue weighted by atomic mass is 35.7. The molecule has 2 saturated heterocycles. The Labute approximate surface area is 125 Å². The fraction of sp³-hybridized carbons (Fsp3) is 0.923. The Hall–Kier alpha value is -0.330. The van der Waals surface area contributed by atoms with E-state index in [0.29, 0.717) is 18.6 Å². The molecule has 5 nitrogen and oxygen atoms in total. The Bertz CT molecular complexity index is 458. The van der Waals surface area contributed by atoms with Gasteiger partial charge in [-0.3, -0.25) is 9.69 Å². The number of carbonyl (C=O) groups excluding carboxylic acids is 1. The third kappa shape index (κ3) is 3.65. The molecule has 0 spiro atoms. The van der Waals surface area contributed by atoms with Gasteiger partial charge < -0.3 is 4.90 Å². The number of halogens is 1. The minimum atomic E-state index is -3.64. The van der Waals surface area contributed by atoms with Gasteiger partial charge in [0, 0.05) is 48.8 Å². The minimum absolute atomic E-state index is 0.0247. The van der Waals surface area contributed by atoms with Crippen molar-refractivity contribution >= 4 is 25.6 Å². The Kier molecular flexibility index (Phi) is 4.97. The zero-order valence-electron chi connectivity index (χ0n) is 12.1. The van der Waals surface area contributed by atoms with Crippen molar-refractivity contribution in [3.63, 3.8) is 0 Å². The van der Waals surface area contributed by atoms with Gasteiger partial charge in [-0.05, 0) is 26.7 Å². The van der Waals surface area contributed by atoms with E-state index in [1.54, 1.807) is 4.90 Å². The van der Waals surface area contributed by atoms with Crippen LogP contribution in [0.1, 0.15) is 39.5 Å². The van der Waals surface area contributed by atoms with E-state index < -0.39 is 14.3 Å². The van der Waals surface area contributed by atoms with Gasteiger partial charge in [-0.1, -0.05) is 6.42 Å². The molecule has 0 radical (unpaired) electrons. The van der Waals surface area contributed by atoms with Crippen LogP contribution < -0.4 is 0 Å². The van der Waals surface area contributed by atoms with Crippen molar-refractivity contribution in [3.05, 3.63) is 0 Å². The lowest BCUT2D eigenvalue weighted by Crippen LogP contribution is -2.47. The molecule has 2 heterocycles. The topological polar surface area (TPSA) is 57.7 Å². The predicted octanol–water partition coefficient (Wildman–Crippen LogP) is 1.42. The molecule has 0 aromatic carbocycles. The monoisotopic (exact) mass is 322 g/mol. The van der Waals surface area contributed by atoms with Gasteiger partial charge in [0.2, 0.25) is 15.0 Å². The summed E-state index contributed by atoms with van der Waals surface area (Å²) in [4.78, 5) is 15.9. The van der Waals surface area contributed by atoms with Crippen LogP contribution in [0.25, 0.3) is 0 Å². The average Bonchev–Trinajstić information content (AvgIpc) is 2.70. The van der Waals surface area contributed by atoms with Crippen LogP contribution in [-0.4, -0.2) is 61.1 Å². The van der Waals surface area contributed by atoms with E-state index in [1.807, 2.05) is 0 Å². The highest BCUT2D eigenvalue weighted by Gasteiger charge is 2.37. The smallest absolute Gasteiger partial charge is 0.237 e. The molecule has 2 aliphatic heterocycles. The van der Waals surface area contributed by atoms with Gasteiger partial charge in [0.15, 0.2) is 0 Å². The van der Waals surface area contributed by atoms with Crippen LogP contribution in [-0.2, 0) is 13.8 Å². The average molecular weight is 323 g/mol. The maximum absolute atomic E-state index is 11.9. The Balaban J connectivity index is 1.89. The molecule has 0 aliphatic carbocycles. The van der Waals surface area contributed by atoms with Gasteiger partial charge in [0.25, 0.3) is 0 Å². The molecule has 3 atom stereocenters. The third-order valence-corrected chi connectivity index (χ3v) is 6.45. The van der Waals surface area contributed by atoms with Gasteiger partial charge in [0.05, 0.1) is 0 Å². The summed E-state index contributed by atoms with van der Waals surface area (Å²) in [5, 5.41) is -0.743. The predicted molar refractivity (Wildman–Crippen MR) is 79.2 cm³/mol. The van der Waals surface area contributed by atoms with E-state index in [9.17, 15) is 13.2 Å². The second-order valence-electron chi connectivity index (χ2n) is 6.01. The van der Waals surface area contributed by atoms with Gasteiger partial charge >= 0.3 is 0 Å². The van der Waals surface area contributed by atoms with Crippen LogP contribution >= 0.6 is 10.7 Å². The molecule has 0 bridgehead atoms. The molecule has 7 heteroatoms. The third-order valence-electron chi connectivity index (χ3n) is 4.58. The molecule has 2 fully saturated rings.